The number of hydrogen-bond acceptors (Lipinski definition) is 1. The Balaban J connectivity index is 0.00000225. The summed E-state index contributed by atoms with van der Waals surface area (Å²) in [5, 5.41) is 0. The summed E-state index contributed by atoms with van der Waals surface area (Å²) in [6.45, 7) is 5.44. The van der Waals surface area contributed by atoms with Crippen molar-refractivity contribution in [3.8, 4) is 0 Å². The van der Waals surface area contributed by atoms with Crippen LogP contribution in [0.25, 0.3) is 0 Å². The Morgan fingerprint density at radius 3 is 2.25 bits per heavy atom. The van der Waals surface area contributed by atoms with Gasteiger partial charge in [0.25, 0.3) is 0 Å². The predicted molar refractivity (Wildman–Crippen MR) is 67.7 cm³/mol. The van der Waals surface area contributed by atoms with Crippen molar-refractivity contribution in [1.29, 1.82) is 0 Å². The van der Waals surface area contributed by atoms with Gasteiger partial charge in [-0.3, -0.25) is 0 Å². The first-order valence-corrected chi connectivity index (χ1v) is 5.25. The molecule has 90 valence electrons. The molecule has 1 atom stereocenters. The molecule has 1 nitrogen and oxygen atoms in total. The maximum Gasteiger partial charge on any atom is 0.132 e. The molecule has 5 heteroatoms. The molecule has 0 aliphatic carbocycles. The Morgan fingerprint density at radius 1 is 1.44 bits per heavy atom. The highest BCUT2D eigenvalue weighted by molar-refractivity contribution is 9.10. The van der Waals surface area contributed by atoms with E-state index in [1.807, 2.05) is 0 Å². The number of nitrogens with two attached hydrogens (primary N) is 1. The second kappa shape index (κ2) is 6.33. The third kappa shape index (κ3) is 3.85. The standard InChI is InChI=1S/C11H12BrF2N.ClH/c1-6(2)3-10(15)11-8(13)4-7(12)5-9(11)14;/h4-5,10H,1,3,15H2,2H3;1H/t10-;/m0./s1. The lowest BCUT2D eigenvalue weighted by molar-refractivity contribution is 0.523. The zero-order valence-corrected chi connectivity index (χ0v) is 11.2. The van der Waals surface area contributed by atoms with Gasteiger partial charge in [0.05, 0.1) is 0 Å². The van der Waals surface area contributed by atoms with Crippen LogP contribution in [-0.4, -0.2) is 0 Å². The van der Waals surface area contributed by atoms with E-state index in [1.54, 1.807) is 6.92 Å². The van der Waals surface area contributed by atoms with Crippen molar-refractivity contribution < 1.29 is 8.78 Å². The average molecular weight is 313 g/mol. The van der Waals surface area contributed by atoms with Crippen LogP contribution in [0.4, 0.5) is 8.78 Å². The van der Waals surface area contributed by atoms with Gasteiger partial charge in [-0.15, -0.1) is 19.0 Å². The largest absolute Gasteiger partial charge is 0.324 e. The number of rotatable bonds is 3. The quantitative estimate of drug-likeness (QED) is 0.835. The van der Waals surface area contributed by atoms with Gasteiger partial charge < -0.3 is 5.73 Å². The highest BCUT2D eigenvalue weighted by Crippen LogP contribution is 2.26. The van der Waals surface area contributed by atoms with Gasteiger partial charge in [0.2, 0.25) is 0 Å². The van der Waals surface area contributed by atoms with E-state index in [-0.39, 0.29) is 18.0 Å². The molecule has 0 spiro atoms. The molecule has 0 saturated carbocycles. The van der Waals surface area contributed by atoms with E-state index in [4.69, 9.17) is 5.73 Å². The molecule has 1 rings (SSSR count). The highest BCUT2D eigenvalue weighted by atomic mass is 79.9. The molecule has 1 aromatic rings. The van der Waals surface area contributed by atoms with Crippen molar-refractivity contribution >= 4 is 28.3 Å². The normalized spacial score (nSPS) is 11.8. The third-order valence-corrected chi connectivity index (χ3v) is 2.44. The van der Waals surface area contributed by atoms with E-state index in [0.29, 0.717) is 10.9 Å². The molecule has 0 amide bonds. The molecule has 0 aliphatic rings. The van der Waals surface area contributed by atoms with Crippen LogP contribution in [0, 0.1) is 11.6 Å². The van der Waals surface area contributed by atoms with Crippen molar-refractivity contribution in [2.45, 2.75) is 19.4 Å². The first-order valence-electron chi connectivity index (χ1n) is 4.46. The Morgan fingerprint density at radius 2 is 1.88 bits per heavy atom. The summed E-state index contributed by atoms with van der Waals surface area (Å²) >= 11 is 3.01. The minimum atomic E-state index is -0.685. The molecule has 0 heterocycles. The lowest BCUT2D eigenvalue weighted by atomic mass is 10.0. The SMILES string of the molecule is C=C(C)C[C@H](N)c1c(F)cc(Br)cc1F.Cl. The summed E-state index contributed by atoms with van der Waals surface area (Å²) in [6.07, 6.45) is 0.371. The molecule has 1 aromatic carbocycles. The van der Waals surface area contributed by atoms with Gasteiger partial charge >= 0.3 is 0 Å². The highest BCUT2D eigenvalue weighted by Gasteiger charge is 2.17. The van der Waals surface area contributed by atoms with Crippen molar-refractivity contribution in [1.82, 2.24) is 0 Å². The van der Waals surface area contributed by atoms with Crippen LogP contribution < -0.4 is 5.73 Å². The van der Waals surface area contributed by atoms with Crippen LogP contribution in [0.3, 0.4) is 0 Å². The Hall–Kier alpha value is -0.450. The van der Waals surface area contributed by atoms with Crippen molar-refractivity contribution in [2.24, 2.45) is 5.73 Å². The van der Waals surface area contributed by atoms with Crippen molar-refractivity contribution in [3.05, 3.63) is 46.0 Å². The van der Waals surface area contributed by atoms with E-state index < -0.39 is 17.7 Å². The molecule has 0 unspecified atom stereocenters. The van der Waals surface area contributed by atoms with E-state index >= 15 is 0 Å². The molecule has 0 bridgehead atoms. The Bertz CT molecular complexity index is 373. The molecule has 0 aromatic heterocycles. The Labute approximate surface area is 108 Å². The van der Waals surface area contributed by atoms with Crippen molar-refractivity contribution in [3.63, 3.8) is 0 Å². The van der Waals surface area contributed by atoms with Gasteiger partial charge in [0.15, 0.2) is 0 Å². The molecule has 2 N–H and O–H groups in total. The van der Waals surface area contributed by atoms with Crippen LogP contribution in [0.15, 0.2) is 28.8 Å². The second-order valence-electron chi connectivity index (χ2n) is 3.55. The summed E-state index contributed by atoms with van der Waals surface area (Å²) in [5.41, 5.74) is 6.40. The molecule has 16 heavy (non-hydrogen) atoms. The topological polar surface area (TPSA) is 26.0 Å². The van der Waals surface area contributed by atoms with Crippen LogP contribution in [0.2, 0.25) is 0 Å². The van der Waals surface area contributed by atoms with Gasteiger partial charge in [-0.2, -0.15) is 0 Å². The smallest absolute Gasteiger partial charge is 0.132 e. The van der Waals surface area contributed by atoms with Gasteiger partial charge in [-0.1, -0.05) is 21.5 Å². The van der Waals surface area contributed by atoms with Gasteiger partial charge in [0.1, 0.15) is 11.6 Å². The van der Waals surface area contributed by atoms with Crippen molar-refractivity contribution in [2.75, 3.05) is 0 Å². The zero-order valence-electron chi connectivity index (χ0n) is 8.77. The molecule has 0 fully saturated rings. The summed E-state index contributed by atoms with van der Waals surface area (Å²) in [6, 6.07) is 1.73. The lowest BCUT2D eigenvalue weighted by Crippen LogP contribution is -2.14. The fraction of sp³-hybridized carbons (Fsp3) is 0.273. The molecule has 0 radical (unpaired) electrons. The van der Waals surface area contributed by atoms with Crippen LogP contribution in [0.1, 0.15) is 24.9 Å². The minimum absolute atomic E-state index is 0. The first kappa shape index (κ1) is 15.5. The van der Waals surface area contributed by atoms with Gasteiger partial charge in [-0.25, -0.2) is 8.78 Å². The maximum absolute atomic E-state index is 13.4. The summed E-state index contributed by atoms with van der Waals surface area (Å²) in [7, 11) is 0. The molecular weight excluding hydrogens is 299 g/mol. The van der Waals surface area contributed by atoms with Crippen LogP contribution in [0.5, 0.6) is 0 Å². The number of benzene rings is 1. The lowest BCUT2D eigenvalue weighted by Gasteiger charge is -2.14. The number of hydrogen-bond donors (Lipinski definition) is 1. The molecular formula is C11H13BrClF2N. The number of halogens is 4. The van der Waals surface area contributed by atoms with E-state index in [0.717, 1.165) is 5.57 Å². The monoisotopic (exact) mass is 311 g/mol. The fourth-order valence-electron chi connectivity index (χ4n) is 1.39. The minimum Gasteiger partial charge on any atom is -0.324 e. The van der Waals surface area contributed by atoms with E-state index in [2.05, 4.69) is 22.5 Å². The van der Waals surface area contributed by atoms with E-state index in [1.165, 1.54) is 12.1 Å². The second-order valence-corrected chi connectivity index (χ2v) is 4.47. The molecule has 0 aliphatic heterocycles. The predicted octanol–water partition coefficient (Wildman–Crippen LogP) is 4.12. The fourth-order valence-corrected chi connectivity index (χ4v) is 1.79. The van der Waals surface area contributed by atoms with Crippen LogP contribution >= 0.6 is 28.3 Å². The first-order chi connectivity index (χ1) is 6.91. The third-order valence-electron chi connectivity index (χ3n) is 1.98. The molecule has 0 saturated heterocycles. The van der Waals surface area contributed by atoms with E-state index in [9.17, 15) is 8.78 Å². The summed E-state index contributed by atoms with van der Waals surface area (Å²) in [5.74, 6) is -1.26. The Kier molecular flexibility index (Phi) is 6.15. The maximum atomic E-state index is 13.4. The average Bonchev–Trinajstić information content (AvgIpc) is 1.99. The van der Waals surface area contributed by atoms with Gasteiger partial charge in [-0.05, 0) is 25.5 Å². The van der Waals surface area contributed by atoms with Gasteiger partial charge in [0, 0.05) is 16.1 Å². The summed E-state index contributed by atoms with van der Waals surface area (Å²) in [4.78, 5) is 0. The summed E-state index contributed by atoms with van der Waals surface area (Å²) < 4.78 is 27.2. The zero-order chi connectivity index (χ0) is 11.6. The van der Waals surface area contributed by atoms with Crippen LogP contribution in [-0.2, 0) is 0 Å².